The van der Waals surface area contributed by atoms with Crippen LogP contribution in [0, 0.1) is 0 Å². The molecule has 0 aliphatic rings. The normalized spacial score (nSPS) is 11.3. The highest BCUT2D eigenvalue weighted by Crippen LogP contribution is 2.27. The van der Waals surface area contributed by atoms with Gasteiger partial charge in [-0.15, -0.1) is 22.7 Å². The van der Waals surface area contributed by atoms with E-state index < -0.39 is 0 Å². The molecule has 0 spiro atoms. The largest absolute Gasteiger partial charge is 0.242 e. The molecule has 58 valence electrons. The maximum Gasteiger partial charge on any atom is 0.108 e. The van der Waals surface area contributed by atoms with Gasteiger partial charge in [0.15, 0.2) is 0 Å². The average Bonchev–Trinajstić information content (AvgIpc) is 2.71. The van der Waals surface area contributed by atoms with Gasteiger partial charge in [0.25, 0.3) is 0 Å². The smallest absolute Gasteiger partial charge is 0.108 e. The van der Waals surface area contributed by atoms with Gasteiger partial charge in [-0.1, -0.05) is 0 Å². The molecule has 4 heteroatoms. The second-order valence-corrected chi connectivity index (χ2v) is 4.24. The SMILES string of the molecule is c1nc2c(ccc3scnc32)s1. The van der Waals surface area contributed by atoms with Crippen molar-refractivity contribution in [1.29, 1.82) is 0 Å². The first kappa shape index (κ1) is 6.51. The fraction of sp³-hybridized carbons (Fsp3) is 0. The minimum atomic E-state index is 1.04. The quantitative estimate of drug-likeness (QED) is 0.547. The summed E-state index contributed by atoms with van der Waals surface area (Å²) in [5.74, 6) is 0. The van der Waals surface area contributed by atoms with Gasteiger partial charge in [0.2, 0.25) is 0 Å². The van der Waals surface area contributed by atoms with Crippen molar-refractivity contribution in [2.45, 2.75) is 0 Å². The fourth-order valence-electron chi connectivity index (χ4n) is 1.25. The monoisotopic (exact) mass is 192 g/mol. The van der Waals surface area contributed by atoms with Gasteiger partial charge in [-0.3, -0.25) is 0 Å². The lowest BCUT2D eigenvalue weighted by atomic mass is 10.3. The summed E-state index contributed by atoms with van der Waals surface area (Å²) < 4.78 is 2.43. The average molecular weight is 192 g/mol. The summed E-state index contributed by atoms with van der Waals surface area (Å²) in [7, 11) is 0. The first-order valence-corrected chi connectivity index (χ1v) is 5.26. The van der Waals surface area contributed by atoms with Crippen LogP contribution in [0.5, 0.6) is 0 Å². The molecule has 0 atom stereocenters. The Bertz CT molecular complexity index is 488. The second kappa shape index (κ2) is 2.24. The summed E-state index contributed by atoms with van der Waals surface area (Å²) in [5, 5.41) is 0. The van der Waals surface area contributed by atoms with Crippen LogP contribution in [-0.2, 0) is 0 Å². The van der Waals surface area contributed by atoms with Gasteiger partial charge in [-0.2, -0.15) is 0 Å². The Morgan fingerprint density at radius 3 is 1.83 bits per heavy atom. The second-order valence-electron chi connectivity index (χ2n) is 2.46. The number of hydrogen-bond donors (Lipinski definition) is 0. The number of fused-ring (bicyclic) bond motifs is 3. The molecule has 0 unspecified atom stereocenters. The van der Waals surface area contributed by atoms with E-state index in [1.807, 2.05) is 11.0 Å². The van der Waals surface area contributed by atoms with Gasteiger partial charge >= 0.3 is 0 Å². The van der Waals surface area contributed by atoms with Gasteiger partial charge in [-0.25, -0.2) is 9.97 Å². The van der Waals surface area contributed by atoms with E-state index in [2.05, 4.69) is 22.1 Å². The fourth-order valence-corrected chi connectivity index (χ4v) is 2.61. The molecule has 0 amide bonds. The van der Waals surface area contributed by atoms with Gasteiger partial charge in [-0.05, 0) is 12.1 Å². The topological polar surface area (TPSA) is 25.8 Å². The molecule has 0 radical (unpaired) electrons. The molecule has 0 saturated carbocycles. The molecule has 0 aliphatic carbocycles. The van der Waals surface area contributed by atoms with Crippen molar-refractivity contribution in [2.24, 2.45) is 0 Å². The Labute approximate surface area is 76.5 Å². The van der Waals surface area contributed by atoms with Crippen LogP contribution in [-0.4, -0.2) is 9.97 Å². The minimum Gasteiger partial charge on any atom is -0.242 e. The third-order valence-corrected chi connectivity index (χ3v) is 3.39. The molecule has 2 nitrogen and oxygen atoms in total. The van der Waals surface area contributed by atoms with E-state index in [9.17, 15) is 0 Å². The highest BCUT2D eigenvalue weighted by molar-refractivity contribution is 7.18. The van der Waals surface area contributed by atoms with E-state index in [1.54, 1.807) is 22.7 Å². The Balaban J connectivity index is 2.71. The van der Waals surface area contributed by atoms with E-state index in [4.69, 9.17) is 0 Å². The van der Waals surface area contributed by atoms with Crippen LogP contribution >= 0.6 is 22.7 Å². The summed E-state index contributed by atoms with van der Waals surface area (Å²) in [4.78, 5) is 8.56. The molecular formula is C8H4N2S2. The maximum absolute atomic E-state index is 4.28. The number of nitrogens with zero attached hydrogens (tertiary/aromatic N) is 2. The van der Waals surface area contributed by atoms with Crippen molar-refractivity contribution in [3.05, 3.63) is 23.2 Å². The Kier molecular flexibility index (Phi) is 1.22. The zero-order chi connectivity index (χ0) is 7.97. The van der Waals surface area contributed by atoms with Crippen molar-refractivity contribution in [3.63, 3.8) is 0 Å². The number of aromatic nitrogens is 2. The summed E-state index contributed by atoms with van der Waals surface area (Å²) in [6, 6.07) is 4.21. The Morgan fingerprint density at radius 1 is 0.833 bits per heavy atom. The van der Waals surface area contributed by atoms with Gasteiger partial charge in [0.1, 0.15) is 11.0 Å². The van der Waals surface area contributed by atoms with E-state index in [-0.39, 0.29) is 0 Å². The van der Waals surface area contributed by atoms with Crippen molar-refractivity contribution in [2.75, 3.05) is 0 Å². The maximum atomic E-state index is 4.28. The molecular weight excluding hydrogens is 188 g/mol. The van der Waals surface area contributed by atoms with E-state index in [0.717, 1.165) is 11.0 Å². The Morgan fingerprint density at radius 2 is 1.33 bits per heavy atom. The zero-order valence-electron chi connectivity index (χ0n) is 6.02. The minimum absolute atomic E-state index is 1.04. The van der Waals surface area contributed by atoms with Crippen molar-refractivity contribution in [1.82, 2.24) is 9.97 Å². The third-order valence-electron chi connectivity index (χ3n) is 1.80. The molecule has 3 rings (SSSR count). The summed E-state index contributed by atoms with van der Waals surface area (Å²) in [6.45, 7) is 0. The number of rotatable bonds is 0. The van der Waals surface area contributed by atoms with Gasteiger partial charge in [0.05, 0.1) is 20.4 Å². The van der Waals surface area contributed by atoms with Crippen LogP contribution in [0.4, 0.5) is 0 Å². The molecule has 0 bridgehead atoms. The van der Waals surface area contributed by atoms with Crippen molar-refractivity contribution in [3.8, 4) is 0 Å². The van der Waals surface area contributed by atoms with Crippen molar-refractivity contribution >= 4 is 43.1 Å². The first-order chi connectivity index (χ1) is 5.95. The molecule has 3 aromatic rings. The summed E-state index contributed by atoms with van der Waals surface area (Å²) in [5.41, 5.74) is 5.81. The predicted molar refractivity (Wildman–Crippen MR) is 52.8 cm³/mol. The number of hydrogen-bond acceptors (Lipinski definition) is 4. The summed E-state index contributed by atoms with van der Waals surface area (Å²) in [6.07, 6.45) is 0. The highest BCUT2D eigenvalue weighted by Gasteiger charge is 2.03. The lowest BCUT2D eigenvalue weighted by molar-refractivity contribution is 1.46. The van der Waals surface area contributed by atoms with Gasteiger partial charge in [0, 0.05) is 0 Å². The Hall–Kier alpha value is -1.00. The molecule has 2 aromatic heterocycles. The highest BCUT2D eigenvalue weighted by atomic mass is 32.1. The van der Waals surface area contributed by atoms with Gasteiger partial charge < -0.3 is 0 Å². The van der Waals surface area contributed by atoms with E-state index in [0.29, 0.717) is 0 Å². The van der Waals surface area contributed by atoms with Crippen LogP contribution in [0.25, 0.3) is 20.4 Å². The van der Waals surface area contributed by atoms with Crippen LogP contribution in [0.2, 0.25) is 0 Å². The lowest BCUT2D eigenvalue weighted by Gasteiger charge is -1.87. The lowest BCUT2D eigenvalue weighted by Crippen LogP contribution is -1.70. The number of benzene rings is 1. The molecule has 0 N–H and O–H groups in total. The third kappa shape index (κ3) is 0.735. The molecule has 0 fully saturated rings. The van der Waals surface area contributed by atoms with Crippen LogP contribution < -0.4 is 0 Å². The molecule has 0 saturated heterocycles. The summed E-state index contributed by atoms with van der Waals surface area (Å²) >= 11 is 3.32. The molecule has 0 aliphatic heterocycles. The van der Waals surface area contributed by atoms with Crippen molar-refractivity contribution < 1.29 is 0 Å². The first-order valence-electron chi connectivity index (χ1n) is 3.50. The molecule has 1 aromatic carbocycles. The van der Waals surface area contributed by atoms with E-state index in [1.165, 1.54) is 9.40 Å². The zero-order valence-corrected chi connectivity index (χ0v) is 7.65. The van der Waals surface area contributed by atoms with Crippen LogP contribution in [0.1, 0.15) is 0 Å². The molecule has 12 heavy (non-hydrogen) atoms. The van der Waals surface area contributed by atoms with Crippen LogP contribution in [0.15, 0.2) is 23.2 Å². The van der Waals surface area contributed by atoms with E-state index >= 15 is 0 Å². The number of thiazole rings is 2. The van der Waals surface area contributed by atoms with Crippen LogP contribution in [0.3, 0.4) is 0 Å². The standard InChI is InChI=1S/C8H4N2S2/c1-2-6-8(10-4-12-6)7-5(1)11-3-9-7/h1-4H. The molecule has 2 heterocycles. The predicted octanol–water partition coefficient (Wildman–Crippen LogP) is 2.91.